The van der Waals surface area contributed by atoms with Gasteiger partial charge in [0.25, 0.3) is 0 Å². The van der Waals surface area contributed by atoms with Gasteiger partial charge in [-0.3, -0.25) is 0 Å². The highest BCUT2D eigenvalue weighted by Crippen LogP contribution is 2.22. The smallest absolute Gasteiger partial charge is 0.365 e. The van der Waals surface area contributed by atoms with Crippen LogP contribution in [0.1, 0.15) is 34.8 Å². The Hall–Kier alpha value is -0.980. The second kappa shape index (κ2) is 5.57. The zero-order valence-corrected chi connectivity index (χ0v) is 10.5. The maximum atomic E-state index is 10.7. The summed E-state index contributed by atoms with van der Waals surface area (Å²) in [5, 5.41) is 14.1. The molecule has 0 aliphatic heterocycles. The van der Waals surface area contributed by atoms with Crippen molar-refractivity contribution in [2.45, 2.75) is 38.0 Å². The van der Waals surface area contributed by atoms with Crippen molar-refractivity contribution < 1.29 is 14.6 Å². The van der Waals surface area contributed by atoms with Gasteiger partial charge in [0.1, 0.15) is 0 Å². The Kier molecular flexibility index (Phi) is 4.09. The summed E-state index contributed by atoms with van der Waals surface area (Å²) in [4.78, 5) is 14.7. The lowest BCUT2D eigenvalue weighted by Gasteiger charge is -2.18. The van der Waals surface area contributed by atoms with E-state index in [2.05, 4.69) is 10.3 Å². The van der Waals surface area contributed by atoms with Gasteiger partial charge in [-0.05, 0) is 19.3 Å². The zero-order valence-electron chi connectivity index (χ0n) is 9.68. The van der Waals surface area contributed by atoms with E-state index in [1.807, 2.05) is 0 Å². The van der Waals surface area contributed by atoms with Crippen LogP contribution in [0.25, 0.3) is 0 Å². The molecule has 1 aromatic rings. The van der Waals surface area contributed by atoms with Crippen LogP contribution in [0.15, 0.2) is 5.38 Å². The average molecular weight is 256 g/mol. The second-order valence-corrected chi connectivity index (χ2v) is 5.00. The summed E-state index contributed by atoms with van der Waals surface area (Å²) >= 11 is 1.16. The number of nitrogens with zero attached hydrogens (tertiary/aromatic N) is 1. The number of carboxylic acids is 1. The van der Waals surface area contributed by atoms with Crippen molar-refractivity contribution in [3.63, 3.8) is 0 Å². The molecule has 2 atom stereocenters. The van der Waals surface area contributed by atoms with Crippen molar-refractivity contribution in [2.24, 2.45) is 0 Å². The van der Waals surface area contributed by atoms with E-state index in [-0.39, 0.29) is 11.1 Å². The summed E-state index contributed by atoms with van der Waals surface area (Å²) in [6.45, 7) is 0.605. The standard InChI is InChI=1S/C11H16N2O3S/c1-16-9-4-2-3-8(9)12-5-7-6-17-10(13-7)11(14)15/h6,8-9,12H,2-5H2,1H3,(H,14,15). The Morgan fingerprint density at radius 1 is 1.71 bits per heavy atom. The van der Waals surface area contributed by atoms with Crippen LogP contribution in [0.2, 0.25) is 0 Å². The first-order valence-electron chi connectivity index (χ1n) is 5.64. The highest BCUT2D eigenvalue weighted by molar-refractivity contribution is 7.11. The Morgan fingerprint density at radius 3 is 3.18 bits per heavy atom. The fraction of sp³-hybridized carbons (Fsp3) is 0.636. The number of aromatic carboxylic acids is 1. The number of aromatic nitrogens is 1. The van der Waals surface area contributed by atoms with Crippen molar-refractivity contribution in [1.29, 1.82) is 0 Å². The van der Waals surface area contributed by atoms with E-state index >= 15 is 0 Å². The van der Waals surface area contributed by atoms with Crippen LogP contribution in [0, 0.1) is 0 Å². The van der Waals surface area contributed by atoms with Crippen LogP contribution in [-0.4, -0.2) is 35.3 Å². The number of carbonyl (C=O) groups is 1. The number of hydrogen-bond donors (Lipinski definition) is 2. The molecule has 1 aliphatic carbocycles. The molecule has 1 saturated carbocycles. The summed E-state index contributed by atoms with van der Waals surface area (Å²) in [5.41, 5.74) is 0.786. The molecule has 0 saturated heterocycles. The van der Waals surface area contributed by atoms with E-state index in [0.717, 1.165) is 29.9 Å². The Bertz CT molecular complexity index is 394. The number of rotatable bonds is 5. The molecule has 2 N–H and O–H groups in total. The molecule has 0 radical (unpaired) electrons. The predicted octanol–water partition coefficient (Wildman–Crippen LogP) is 1.50. The number of thiazole rings is 1. The molecule has 6 heteroatoms. The number of nitrogens with one attached hydrogen (secondary N) is 1. The Balaban J connectivity index is 1.86. The van der Waals surface area contributed by atoms with Crippen molar-refractivity contribution >= 4 is 17.3 Å². The van der Waals surface area contributed by atoms with Crippen LogP contribution in [0.3, 0.4) is 0 Å². The zero-order chi connectivity index (χ0) is 12.3. The summed E-state index contributed by atoms with van der Waals surface area (Å²) in [6, 6.07) is 0.356. The molecule has 0 aromatic carbocycles. The summed E-state index contributed by atoms with van der Waals surface area (Å²) in [6.07, 6.45) is 3.64. The third-order valence-electron chi connectivity index (χ3n) is 3.04. The number of hydrogen-bond acceptors (Lipinski definition) is 5. The molecule has 1 aliphatic rings. The van der Waals surface area contributed by atoms with Gasteiger partial charge in [-0.1, -0.05) is 0 Å². The topological polar surface area (TPSA) is 71.5 Å². The highest BCUT2D eigenvalue weighted by Gasteiger charge is 2.26. The van der Waals surface area contributed by atoms with Crippen molar-refractivity contribution in [2.75, 3.05) is 7.11 Å². The van der Waals surface area contributed by atoms with Crippen LogP contribution < -0.4 is 5.32 Å². The Labute approximate surface area is 104 Å². The van der Waals surface area contributed by atoms with Gasteiger partial charge in [0.05, 0.1) is 11.8 Å². The maximum absolute atomic E-state index is 10.7. The lowest BCUT2D eigenvalue weighted by atomic mass is 10.2. The van der Waals surface area contributed by atoms with Crippen molar-refractivity contribution in [3.05, 3.63) is 16.1 Å². The normalized spacial score (nSPS) is 24.1. The minimum absolute atomic E-state index is 0.150. The molecule has 0 amide bonds. The van der Waals surface area contributed by atoms with Crippen LogP contribution in [0.4, 0.5) is 0 Å². The monoisotopic (exact) mass is 256 g/mol. The van der Waals surface area contributed by atoms with Crippen LogP contribution in [-0.2, 0) is 11.3 Å². The van der Waals surface area contributed by atoms with E-state index < -0.39 is 5.97 Å². The first-order chi connectivity index (χ1) is 8.20. The van der Waals surface area contributed by atoms with Crippen LogP contribution in [0.5, 0.6) is 0 Å². The molecule has 0 spiro atoms. The van der Waals surface area contributed by atoms with Gasteiger partial charge in [0, 0.05) is 25.1 Å². The van der Waals surface area contributed by atoms with Gasteiger partial charge in [-0.25, -0.2) is 9.78 Å². The predicted molar refractivity (Wildman–Crippen MR) is 64.3 cm³/mol. The summed E-state index contributed by atoms with van der Waals surface area (Å²) in [5.74, 6) is -0.961. The van der Waals surface area contributed by atoms with Crippen molar-refractivity contribution in [1.82, 2.24) is 10.3 Å². The fourth-order valence-electron chi connectivity index (χ4n) is 2.16. The van der Waals surface area contributed by atoms with Gasteiger partial charge >= 0.3 is 5.97 Å². The minimum atomic E-state index is -0.961. The van der Waals surface area contributed by atoms with E-state index in [4.69, 9.17) is 9.84 Å². The molecular formula is C11H16N2O3S. The molecule has 17 heavy (non-hydrogen) atoms. The molecule has 1 aromatic heterocycles. The molecule has 2 rings (SSSR count). The van der Waals surface area contributed by atoms with Gasteiger partial charge in [-0.2, -0.15) is 0 Å². The lowest BCUT2D eigenvalue weighted by Crippen LogP contribution is -2.36. The summed E-state index contributed by atoms with van der Waals surface area (Å²) in [7, 11) is 1.73. The molecule has 94 valence electrons. The lowest BCUT2D eigenvalue weighted by molar-refractivity contribution is 0.0696. The van der Waals surface area contributed by atoms with Gasteiger partial charge in [0.15, 0.2) is 0 Å². The third kappa shape index (κ3) is 3.02. The second-order valence-electron chi connectivity index (χ2n) is 4.14. The maximum Gasteiger partial charge on any atom is 0.365 e. The van der Waals surface area contributed by atoms with Gasteiger partial charge in [0.2, 0.25) is 5.01 Å². The van der Waals surface area contributed by atoms with Gasteiger partial charge < -0.3 is 15.2 Å². The number of carboxylic acid groups (broad SMARTS) is 1. The summed E-state index contributed by atoms with van der Waals surface area (Å²) < 4.78 is 5.38. The number of methoxy groups -OCH3 is 1. The number of ether oxygens (including phenoxy) is 1. The van der Waals surface area contributed by atoms with E-state index in [9.17, 15) is 4.79 Å². The van der Waals surface area contributed by atoms with Crippen molar-refractivity contribution in [3.8, 4) is 0 Å². The van der Waals surface area contributed by atoms with E-state index in [1.165, 1.54) is 6.42 Å². The molecule has 0 bridgehead atoms. The highest BCUT2D eigenvalue weighted by atomic mass is 32.1. The molecular weight excluding hydrogens is 240 g/mol. The first kappa shape index (κ1) is 12.5. The molecule has 1 heterocycles. The van der Waals surface area contributed by atoms with Crippen LogP contribution >= 0.6 is 11.3 Å². The molecule has 1 fully saturated rings. The van der Waals surface area contributed by atoms with Gasteiger partial charge in [-0.15, -0.1) is 11.3 Å². The molecule has 2 unspecified atom stereocenters. The largest absolute Gasteiger partial charge is 0.476 e. The molecule has 5 nitrogen and oxygen atoms in total. The SMILES string of the molecule is COC1CCCC1NCc1csc(C(=O)O)n1. The fourth-order valence-corrected chi connectivity index (χ4v) is 2.82. The van der Waals surface area contributed by atoms with E-state index in [0.29, 0.717) is 12.6 Å². The Morgan fingerprint density at radius 2 is 2.53 bits per heavy atom. The average Bonchev–Trinajstić information content (AvgIpc) is 2.95. The minimum Gasteiger partial charge on any atom is -0.476 e. The quantitative estimate of drug-likeness (QED) is 0.835. The van der Waals surface area contributed by atoms with E-state index in [1.54, 1.807) is 12.5 Å². The third-order valence-corrected chi connectivity index (χ3v) is 3.91. The first-order valence-corrected chi connectivity index (χ1v) is 6.52.